The van der Waals surface area contributed by atoms with E-state index in [1.165, 1.54) is 0 Å². The third kappa shape index (κ3) is 6.02. The SMILES string of the molecule is CCN(C(C)CN(C)C)C(C)CC(C)(N)C#N. The average Bonchev–Trinajstić information content (AvgIpc) is 2.16. The van der Waals surface area contributed by atoms with Crippen molar-refractivity contribution in [1.82, 2.24) is 9.80 Å². The Morgan fingerprint density at radius 3 is 2.18 bits per heavy atom. The molecular weight excluding hydrogens is 212 g/mol. The average molecular weight is 240 g/mol. The van der Waals surface area contributed by atoms with E-state index in [1.807, 2.05) is 0 Å². The molecule has 2 N–H and O–H groups in total. The van der Waals surface area contributed by atoms with Crippen molar-refractivity contribution in [3.63, 3.8) is 0 Å². The van der Waals surface area contributed by atoms with Gasteiger partial charge in [0.15, 0.2) is 0 Å². The number of nitriles is 1. The molecule has 0 fully saturated rings. The predicted octanol–water partition coefficient (Wildman–Crippen LogP) is 1.28. The smallest absolute Gasteiger partial charge is 0.102 e. The van der Waals surface area contributed by atoms with Crippen molar-refractivity contribution >= 4 is 0 Å². The Morgan fingerprint density at radius 2 is 1.82 bits per heavy atom. The molecule has 4 heteroatoms. The molecule has 100 valence electrons. The lowest BCUT2D eigenvalue weighted by molar-refractivity contribution is 0.122. The Bertz CT molecular complexity index is 255. The van der Waals surface area contributed by atoms with Gasteiger partial charge in [-0.05, 0) is 47.8 Å². The van der Waals surface area contributed by atoms with Crippen LogP contribution in [0.5, 0.6) is 0 Å². The lowest BCUT2D eigenvalue weighted by Gasteiger charge is -2.37. The third-order valence-corrected chi connectivity index (χ3v) is 3.10. The number of nitrogens with zero attached hydrogens (tertiary/aromatic N) is 3. The van der Waals surface area contributed by atoms with E-state index in [0.717, 1.165) is 13.1 Å². The summed E-state index contributed by atoms with van der Waals surface area (Å²) >= 11 is 0. The van der Waals surface area contributed by atoms with Crippen LogP contribution in [0, 0.1) is 11.3 Å². The van der Waals surface area contributed by atoms with Gasteiger partial charge in [-0.1, -0.05) is 6.92 Å². The zero-order chi connectivity index (χ0) is 13.6. The summed E-state index contributed by atoms with van der Waals surface area (Å²) in [5.74, 6) is 0. The highest BCUT2D eigenvalue weighted by Gasteiger charge is 2.26. The Kier molecular flexibility index (Phi) is 6.69. The molecule has 0 aliphatic heterocycles. The van der Waals surface area contributed by atoms with Crippen molar-refractivity contribution < 1.29 is 0 Å². The fourth-order valence-electron chi connectivity index (χ4n) is 2.47. The first kappa shape index (κ1) is 16.4. The lowest BCUT2D eigenvalue weighted by Crippen LogP contribution is -2.49. The molecule has 4 nitrogen and oxygen atoms in total. The number of rotatable bonds is 7. The Labute approximate surface area is 106 Å². The van der Waals surface area contributed by atoms with Crippen LogP contribution >= 0.6 is 0 Å². The van der Waals surface area contributed by atoms with Gasteiger partial charge in [0.05, 0.1) is 6.07 Å². The molecule has 0 spiro atoms. The van der Waals surface area contributed by atoms with Crippen LogP contribution in [0.15, 0.2) is 0 Å². The molecule has 0 amide bonds. The van der Waals surface area contributed by atoms with Gasteiger partial charge in [0.25, 0.3) is 0 Å². The second-order valence-corrected chi connectivity index (χ2v) is 5.52. The van der Waals surface area contributed by atoms with Gasteiger partial charge >= 0.3 is 0 Å². The van der Waals surface area contributed by atoms with Crippen molar-refractivity contribution in [2.75, 3.05) is 27.2 Å². The molecule has 0 heterocycles. The van der Waals surface area contributed by atoms with Gasteiger partial charge < -0.3 is 10.6 Å². The molecular formula is C13H28N4. The van der Waals surface area contributed by atoms with Crippen LogP contribution in [0.25, 0.3) is 0 Å². The van der Waals surface area contributed by atoms with E-state index >= 15 is 0 Å². The molecule has 0 saturated carbocycles. The van der Waals surface area contributed by atoms with Crippen molar-refractivity contribution in [3.05, 3.63) is 0 Å². The van der Waals surface area contributed by atoms with Crippen LogP contribution in [0.1, 0.15) is 34.1 Å². The summed E-state index contributed by atoms with van der Waals surface area (Å²) < 4.78 is 0. The van der Waals surface area contributed by atoms with Gasteiger partial charge in [0.2, 0.25) is 0 Å². The fraction of sp³-hybridized carbons (Fsp3) is 0.923. The van der Waals surface area contributed by atoms with Crippen LogP contribution in [0.3, 0.4) is 0 Å². The highest BCUT2D eigenvalue weighted by molar-refractivity contribution is 5.03. The second-order valence-electron chi connectivity index (χ2n) is 5.52. The van der Waals surface area contributed by atoms with Crippen LogP contribution in [0.2, 0.25) is 0 Å². The van der Waals surface area contributed by atoms with E-state index in [1.54, 1.807) is 6.92 Å². The maximum atomic E-state index is 8.98. The van der Waals surface area contributed by atoms with Gasteiger partial charge in [0.1, 0.15) is 5.54 Å². The van der Waals surface area contributed by atoms with Gasteiger partial charge in [0, 0.05) is 18.6 Å². The van der Waals surface area contributed by atoms with Crippen LogP contribution in [-0.2, 0) is 0 Å². The summed E-state index contributed by atoms with van der Waals surface area (Å²) in [5.41, 5.74) is 5.18. The highest BCUT2D eigenvalue weighted by atomic mass is 15.2. The standard InChI is InChI=1S/C13H28N4/c1-7-17(12(3)9-16(5)6)11(2)8-13(4,15)10-14/h11-12H,7-9,15H2,1-6H3. The minimum Gasteiger partial charge on any atom is -0.314 e. The number of nitrogens with two attached hydrogens (primary N) is 1. The first-order valence-electron chi connectivity index (χ1n) is 6.34. The summed E-state index contributed by atoms with van der Waals surface area (Å²) in [6.07, 6.45) is 0.703. The molecule has 3 atom stereocenters. The number of likely N-dealkylation sites (N-methyl/N-ethyl adjacent to an activating group) is 2. The summed E-state index contributed by atoms with van der Waals surface area (Å²) in [6, 6.07) is 2.97. The quantitative estimate of drug-likeness (QED) is 0.728. The van der Waals surface area contributed by atoms with Gasteiger partial charge in [-0.3, -0.25) is 4.90 Å². The van der Waals surface area contributed by atoms with E-state index in [2.05, 4.69) is 50.7 Å². The largest absolute Gasteiger partial charge is 0.314 e. The Balaban J connectivity index is 4.50. The van der Waals surface area contributed by atoms with Crippen molar-refractivity contribution in [2.24, 2.45) is 5.73 Å². The second kappa shape index (κ2) is 6.95. The van der Waals surface area contributed by atoms with Gasteiger partial charge in [-0.2, -0.15) is 5.26 Å². The topological polar surface area (TPSA) is 56.3 Å². The first-order chi connectivity index (χ1) is 7.73. The third-order valence-electron chi connectivity index (χ3n) is 3.10. The normalized spacial score (nSPS) is 18.8. The van der Waals surface area contributed by atoms with Crippen LogP contribution < -0.4 is 5.73 Å². The van der Waals surface area contributed by atoms with Crippen molar-refractivity contribution in [3.8, 4) is 6.07 Å². The Morgan fingerprint density at radius 1 is 1.29 bits per heavy atom. The van der Waals surface area contributed by atoms with Crippen LogP contribution in [0.4, 0.5) is 0 Å². The number of hydrogen-bond donors (Lipinski definition) is 1. The molecule has 0 saturated heterocycles. The van der Waals surface area contributed by atoms with E-state index in [9.17, 15) is 0 Å². The maximum Gasteiger partial charge on any atom is 0.102 e. The molecule has 0 aliphatic carbocycles. The van der Waals surface area contributed by atoms with E-state index in [4.69, 9.17) is 11.0 Å². The molecule has 0 aromatic carbocycles. The summed E-state index contributed by atoms with van der Waals surface area (Å²) in [6.45, 7) is 10.3. The molecule has 0 radical (unpaired) electrons. The fourth-order valence-corrected chi connectivity index (χ4v) is 2.47. The molecule has 17 heavy (non-hydrogen) atoms. The van der Waals surface area contributed by atoms with Crippen molar-refractivity contribution in [1.29, 1.82) is 5.26 Å². The van der Waals surface area contributed by atoms with Crippen molar-refractivity contribution in [2.45, 2.75) is 51.7 Å². The number of hydrogen-bond acceptors (Lipinski definition) is 4. The monoisotopic (exact) mass is 240 g/mol. The predicted molar refractivity (Wildman–Crippen MR) is 72.7 cm³/mol. The molecule has 0 aliphatic rings. The lowest BCUT2D eigenvalue weighted by atomic mass is 9.95. The summed E-state index contributed by atoms with van der Waals surface area (Å²) in [4.78, 5) is 4.59. The molecule has 0 rings (SSSR count). The Hall–Kier alpha value is -0.630. The van der Waals surface area contributed by atoms with Crippen LogP contribution in [-0.4, -0.2) is 54.6 Å². The molecule has 0 bridgehead atoms. The molecule has 0 aromatic rings. The zero-order valence-corrected chi connectivity index (χ0v) is 12.2. The maximum absolute atomic E-state index is 8.98. The molecule has 0 aromatic heterocycles. The summed E-state index contributed by atoms with van der Waals surface area (Å²) in [5, 5.41) is 8.98. The van der Waals surface area contributed by atoms with E-state index < -0.39 is 5.54 Å². The van der Waals surface area contributed by atoms with E-state index in [0.29, 0.717) is 18.5 Å². The van der Waals surface area contributed by atoms with Gasteiger partial charge in [-0.15, -0.1) is 0 Å². The van der Waals surface area contributed by atoms with E-state index in [-0.39, 0.29) is 0 Å². The first-order valence-corrected chi connectivity index (χ1v) is 6.34. The van der Waals surface area contributed by atoms with Gasteiger partial charge in [-0.25, -0.2) is 0 Å². The highest BCUT2D eigenvalue weighted by Crippen LogP contribution is 2.15. The minimum absolute atomic E-state index is 0.324. The molecule has 3 unspecified atom stereocenters. The zero-order valence-electron chi connectivity index (χ0n) is 12.2. The minimum atomic E-state index is -0.731. The summed E-state index contributed by atoms with van der Waals surface area (Å²) in [7, 11) is 4.16.